The summed E-state index contributed by atoms with van der Waals surface area (Å²) in [4.78, 5) is 27.3. The fourth-order valence-electron chi connectivity index (χ4n) is 4.21. The Labute approximate surface area is 213 Å². The fraction of sp³-hybridized carbons (Fsp3) is 0.172. The molecule has 1 N–H and O–H groups in total. The lowest BCUT2D eigenvalue weighted by atomic mass is 9.94. The summed E-state index contributed by atoms with van der Waals surface area (Å²) in [5.41, 5.74) is 4.57. The number of hydrogen-bond donors (Lipinski definition) is 1. The third-order valence-corrected chi connectivity index (χ3v) is 6.19. The van der Waals surface area contributed by atoms with Crippen molar-refractivity contribution < 1.29 is 18.4 Å². The molecule has 0 fully saturated rings. The van der Waals surface area contributed by atoms with Crippen molar-refractivity contribution in [2.24, 2.45) is 5.16 Å². The Balaban J connectivity index is 1.48. The smallest absolute Gasteiger partial charge is 0.251 e. The van der Waals surface area contributed by atoms with Crippen LogP contribution in [-0.4, -0.2) is 21.6 Å². The van der Waals surface area contributed by atoms with Crippen molar-refractivity contribution in [2.45, 2.75) is 32.4 Å². The molecule has 0 radical (unpaired) electrons. The first-order valence-electron chi connectivity index (χ1n) is 11.9. The summed E-state index contributed by atoms with van der Waals surface area (Å²) >= 11 is 0. The minimum absolute atomic E-state index is 0.324. The van der Waals surface area contributed by atoms with Crippen LogP contribution in [0.5, 0.6) is 0 Å². The standard InChI is InChI=1S/C29H24F2N4O2/c1-17-6-8-23(24(31)11-17)19-12-20(27-15-28(37-35-27)26-5-3-4-10-32-26)14-21(13-19)29(36)34-18(2)25-9-7-22(30)16-33-25/h3-14,16,18,28H,15H2,1-2H3,(H,34,36)/t18-,28?/m1/s1. The Kier molecular flexibility index (Phi) is 6.72. The molecule has 3 heterocycles. The summed E-state index contributed by atoms with van der Waals surface area (Å²) in [6.07, 6.45) is 2.90. The van der Waals surface area contributed by atoms with Gasteiger partial charge in [0.15, 0.2) is 6.10 Å². The highest BCUT2D eigenvalue weighted by atomic mass is 19.1. The number of benzene rings is 2. The predicted octanol–water partition coefficient (Wildman–Crippen LogP) is 6.09. The zero-order valence-corrected chi connectivity index (χ0v) is 20.3. The first-order chi connectivity index (χ1) is 17.9. The molecule has 4 aromatic rings. The van der Waals surface area contributed by atoms with Crippen molar-refractivity contribution in [1.29, 1.82) is 0 Å². The molecule has 2 aromatic carbocycles. The van der Waals surface area contributed by atoms with Crippen LogP contribution in [0.1, 0.15) is 58.4 Å². The highest BCUT2D eigenvalue weighted by Gasteiger charge is 2.26. The second-order valence-electron chi connectivity index (χ2n) is 8.97. The van der Waals surface area contributed by atoms with Crippen LogP contribution >= 0.6 is 0 Å². The molecule has 37 heavy (non-hydrogen) atoms. The molecule has 1 unspecified atom stereocenters. The number of nitrogens with one attached hydrogen (secondary N) is 1. The Hall–Kier alpha value is -4.46. The largest absolute Gasteiger partial charge is 0.385 e. The highest BCUT2D eigenvalue weighted by Crippen LogP contribution is 2.32. The van der Waals surface area contributed by atoms with E-state index < -0.39 is 11.9 Å². The van der Waals surface area contributed by atoms with E-state index >= 15 is 0 Å². The summed E-state index contributed by atoms with van der Waals surface area (Å²) in [7, 11) is 0. The van der Waals surface area contributed by atoms with E-state index in [0.717, 1.165) is 17.5 Å². The van der Waals surface area contributed by atoms with E-state index in [9.17, 15) is 13.6 Å². The maximum Gasteiger partial charge on any atom is 0.251 e. The molecular formula is C29H24F2N4O2. The second-order valence-corrected chi connectivity index (χ2v) is 8.97. The van der Waals surface area contributed by atoms with Gasteiger partial charge in [0.05, 0.1) is 29.3 Å². The van der Waals surface area contributed by atoms with Gasteiger partial charge in [-0.25, -0.2) is 8.78 Å². The Morgan fingerprint density at radius 3 is 2.59 bits per heavy atom. The van der Waals surface area contributed by atoms with Crippen molar-refractivity contribution in [3.8, 4) is 11.1 Å². The molecular weight excluding hydrogens is 474 g/mol. The zero-order chi connectivity index (χ0) is 25.9. The third-order valence-electron chi connectivity index (χ3n) is 6.19. The number of amides is 1. The van der Waals surface area contributed by atoms with Crippen molar-refractivity contribution in [3.05, 3.63) is 119 Å². The number of carbonyl (C=O) groups excluding carboxylic acids is 1. The van der Waals surface area contributed by atoms with Gasteiger partial charge in [0.25, 0.3) is 5.91 Å². The van der Waals surface area contributed by atoms with Gasteiger partial charge >= 0.3 is 0 Å². The van der Waals surface area contributed by atoms with E-state index in [0.29, 0.717) is 40.1 Å². The summed E-state index contributed by atoms with van der Waals surface area (Å²) in [5.74, 6) is -1.22. The van der Waals surface area contributed by atoms with Gasteiger partial charge in [0, 0.05) is 29.3 Å². The van der Waals surface area contributed by atoms with E-state index in [1.165, 1.54) is 18.2 Å². The van der Waals surface area contributed by atoms with Crippen LogP contribution in [-0.2, 0) is 4.84 Å². The lowest BCUT2D eigenvalue weighted by Gasteiger charge is -2.15. The number of halogens is 2. The minimum Gasteiger partial charge on any atom is -0.385 e. The van der Waals surface area contributed by atoms with Crippen molar-refractivity contribution in [3.63, 3.8) is 0 Å². The minimum atomic E-state index is -0.475. The van der Waals surface area contributed by atoms with Crippen LogP contribution < -0.4 is 5.32 Å². The van der Waals surface area contributed by atoms with Crippen molar-refractivity contribution >= 4 is 11.6 Å². The number of rotatable bonds is 6. The summed E-state index contributed by atoms with van der Waals surface area (Å²) in [5, 5.41) is 7.15. The highest BCUT2D eigenvalue weighted by molar-refractivity contribution is 6.05. The van der Waals surface area contributed by atoms with Gasteiger partial charge in [-0.2, -0.15) is 0 Å². The lowest BCUT2D eigenvalue weighted by Crippen LogP contribution is -2.27. The lowest BCUT2D eigenvalue weighted by molar-refractivity contribution is 0.0826. The number of aryl methyl sites for hydroxylation is 1. The third kappa shape index (κ3) is 5.38. The van der Waals surface area contributed by atoms with E-state index in [1.807, 2.05) is 31.2 Å². The molecule has 0 saturated heterocycles. The Bertz CT molecular complexity index is 1470. The molecule has 2 atom stereocenters. The van der Waals surface area contributed by atoms with E-state index in [-0.39, 0.29) is 17.8 Å². The summed E-state index contributed by atoms with van der Waals surface area (Å²) in [6, 6.07) is 18.0. The van der Waals surface area contributed by atoms with Gasteiger partial charge in [-0.05, 0) is 73.5 Å². The van der Waals surface area contributed by atoms with Gasteiger partial charge in [0.2, 0.25) is 0 Å². The molecule has 6 nitrogen and oxygen atoms in total. The van der Waals surface area contributed by atoms with Crippen LogP contribution in [0, 0.1) is 18.6 Å². The molecule has 1 aliphatic heterocycles. The fourth-order valence-corrected chi connectivity index (χ4v) is 4.21. The molecule has 2 aromatic heterocycles. The second kappa shape index (κ2) is 10.3. The average Bonchev–Trinajstić information content (AvgIpc) is 3.40. The number of nitrogens with zero attached hydrogens (tertiary/aromatic N) is 3. The number of pyridine rings is 2. The van der Waals surface area contributed by atoms with Crippen LogP contribution in [0.25, 0.3) is 11.1 Å². The number of aromatic nitrogens is 2. The quantitative estimate of drug-likeness (QED) is 0.349. The normalized spacial score (nSPS) is 15.6. The maximum absolute atomic E-state index is 14.9. The van der Waals surface area contributed by atoms with Crippen molar-refractivity contribution in [1.82, 2.24) is 15.3 Å². The topological polar surface area (TPSA) is 76.5 Å². The Morgan fingerprint density at radius 1 is 1.03 bits per heavy atom. The first kappa shape index (κ1) is 24.2. The zero-order valence-electron chi connectivity index (χ0n) is 20.3. The first-order valence-corrected chi connectivity index (χ1v) is 11.9. The number of carbonyl (C=O) groups is 1. The molecule has 8 heteroatoms. The van der Waals surface area contributed by atoms with Gasteiger partial charge in [0.1, 0.15) is 11.6 Å². The van der Waals surface area contributed by atoms with Gasteiger partial charge in [-0.1, -0.05) is 23.4 Å². The molecule has 0 spiro atoms. The van der Waals surface area contributed by atoms with Crippen LogP contribution in [0.15, 0.2) is 84.3 Å². The predicted molar refractivity (Wildman–Crippen MR) is 136 cm³/mol. The van der Waals surface area contributed by atoms with Gasteiger partial charge in [-0.3, -0.25) is 14.8 Å². The molecule has 186 valence electrons. The molecule has 1 amide bonds. The molecule has 0 saturated carbocycles. The summed E-state index contributed by atoms with van der Waals surface area (Å²) < 4.78 is 28.2. The SMILES string of the molecule is Cc1ccc(-c2cc(C(=O)N[C@H](C)c3ccc(F)cn3)cc(C3=NOC(c4ccccn4)C3)c2)c(F)c1. The molecule has 1 aliphatic rings. The summed E-state index contributed by atoms with van der Waals surface area (Å²) in [6.45, 7) is 3.57. The van der Waals surface area contributed by atoms with E-state index in [1.54, 1.807) is 37.4 Å². The van der Waals surface area contributed by atoms with Crippen molar-refractivity contribution in [2.75, 3.05) is 0 Å². The van der Waals surface area contributed by atoms with E-state index in [4.69, 9.17) is 4.84 Å². The van der Waals surface area contributed by atoms with Crippen LogP contribution in [0.3, 0.4) is 0 Å². The Morgan fingerprint density at radius 2 is 1.86 bits per heavy atom. The average molecular weight is 499 g/mol. The molecule has 5 rings (SSSR count). The van der Waals surface area contributed by atoms with Gasteiger partial charge < -0.3 is 10.2 Å². The monoisotopic (exact) mass is 498 g/mol. The maximum atomic E-state index is 14.9. The molecule has 0 bridgehead atoms. The van der Waals surface area contributed by atoms with Crippen LogP contribution in [0.4, 0.5) is 8.78 Å². The van der Waals surface area contributed by atoms with Gasteiger partial charge in [-0.15, -0.1) is 0 Å². The number of hydrogen-bond acceptors (Lipinski definition) is 5. The molecule has 0 aliphatic carbocycles. The van der Waals surface area contributed by atoms with Crippen LogP contribution in [0.2, 0.25) is 0 Å². The van der Waals surface area contributed by atoms with E-state index in [2.05, 4.69) is 20.4 Å². The number of oxime groups is 1.